The Morgan fingerprint density at radius 2 is 2.37 bits per heavy atom. The van der Waals surface area contributed by atoms with Crippen molar-refractivity contribution in [1.29, 1.82) is 0 Å². The van der Waals surface area contributed by atoms with Gasteiger partial charge in [0.05, 0.1) is 12.6 Å². The Balaban J connectivity index is 1.75. The molecule has 1 atom stereocenters. The van der Waals surface area contributed by atoms with Crippen molar-refractivity contribution >= 4 is 5.91 Å². The van der Waals surface area contributed by atoms with Gasteiger partial charge in [0.1, 0.15) is 5.69 Å². The second-order valence-electron chi connectivity index (χ2n) is 4.85. The maximum Gasteiger partial charge on any atom is 0.272 e. The highest BCUT2D eigenvalue weighted by Crippen LogP contribution is 2.20. The minimum atomic E-state index is 0.0364. The van der Waals surface area contributed by atoms with Crippen LogP contribution in [0.2, 0.25) is 0 Å². The Hall–Kier alpha value is -2.11. The first-order chi connectivity index (χ1) is 9.34. The Morgan fingerprint density at radius 3 is 3.11 bits per heavy atom. The van der Waals surface area contributed by atoms with Gasteiger partial charge in [-0.25, -0.2) is 0 Å². The molecule has 0 radical (unpaired) electrons. The molecule has 0 aromatic carbocycles. The molecule has 1 saturated heterocycles. The number of nitrogens with zero attached hydrogens (tertiary/aromatic N) is 4. The maximum absolute atomic E-state index is 12.4. The molecule has 100 valence electrons. The number of carbonyl (C=O) groups is 1. The van der Waals surface area contributed by atoms with Gasteiger partial charge in [-0.05, 0) is 31.4 Å². The number of rotatable bonds is 3. The summed E-state index contributed by atoms with van der Waals surface area (Å²) in [6.07, 6.45) is 8.57. The first-order valence-electron chi connectivity index (χ1n) is 6.62. The summed E-state index contributed by atoms with van der Waals surface area (Å²) in [6, 6.07) is 3.84. The lowest BCUT2D eigenvalue weighted by molar-refractivity contribution is 0.0578. The van der Waals surface area contributed by atoms with Crippen LogP contribution in [0.3, 0.4) is 0 Å². The van der Waals surface area contributed by atoms with Gasteiger partial charge in [0, 0.05) is 25.1 Å². The Kier molecular flexibility index (Phi) is 3.31. The topological polar surface area (TPSA) is 66.8 Å². The van der Waals surface area contributed by atoms with E-state index in [1.807, 2.05) is 21.8 Å². The number of carbonyl (C=O) groups excluding carboxylic acids is 1. The molecular formula is C13H17N5O. The van der Waals surface area contributed by atoms with Crippen molar-refractivity contribution in [3.8, 4) is 0 Å². The van der Waals surface area contributed by atoms with E-state index in [2.05, 4.69) is 15.3 Å². The van der Waals surface area contributed by atoms with Crippen LogP contribution in [0, 0.1) is 0 Å². The fraction of sp³-hybridized carbons (Fsp3) is 0.462. The third-order valence-electron chi connectivity index (χ3n) is 3.58. The third kappa shape index (κ3) is 2.52. The Labute approximate surface area is 111 Å². The summed E-state index contributed by atoms with van der Waals surface area (Å²) < 4.78 is 1.89. The van der Waals surface area contributed by atoms with Gasteiger partial charge in [0.2, 0.25) is 0 Å². The van der Waals surface area contributed by atoms with Gasteiger partial charge in [-0.3, -0.25) is 14.6 Å². The molecule has 2 aromatic rings. The first-order valence-corrected chi connectivity index (χ1v) is 6.62. The quantitative estimate of drug-likeness (QED) is 0.903. The van der Waals surface area contributed by atoms with Crippen molar-refractivity contribution in [2.45, 2.75) is 31.8 Å². The summed E-state index contributed by atoms with van der Waals surface area (Å²) in [6.45, 7) is 1.57. The van der Waals surface area contributed by atoms with Crippen molar-refractivity contribution < 1.29 is 4.79 Å². The summed E-state index contributed by atoms with van der Waals surface area (Å²) in [4.78, 5) is 14.4. The monoisotopic (exact) mass is 259 g/mol. The fourth-order valence-electron chi connectivity index (χ4n) is 2.61. The van der Waals surface area contributed by atoms with E-state index < -0.39 is 0 Å². The number of hydrogen-bond donors (Lipinski definition) is 1. The van der Waals surface area contributed by atoms with Crippen LogP contribution in [0.4, 0.5) is 0 Å². The maximum atomic E-state index is 12.4. The van der Waals surface area contributed by atoms with Crippen molar-refractivity contribution in [2.75, 3.05) is 6.54 Å². The molecule has 1 N–H and O–H groups in total. The van der Waals surface area contributed by atoms with Crippen LogP contribution in [-0.2, 0) is 6.54 Å². The molecule has 6 nitrogen and oxygen atoms in total. The molecule has 1 amide bonds. The van der Waals surface area contributed by atoms with Gasteiger partial charge < -0.3 is 4.90 Å². The van der Waals surface area contributed by atoms with E-state index in [9.17, 15) is 4.79 Å². The van der Waals surface area contributed by atoms with Gasteiger partial charge in [-0.15, -0.1) is 0 Å². The molecule has 19 heavy (non-hydrogen) atoms. The molecule has 0 spiro atoms. The van der Waals surface area contributed by atoms with E-state index in [1.165, 1.54) is 6.42 Å². The predicted octanol–water partition coefficient (Wildman–Crippen LogP) is 1.30. The second-order valence-corrected chi connectivity index (χ2v) is 4.85. The molecule has 0 unspecified atom stereocenters. The van der Waals surface area contributed by atoms with Crippen LogP contribution in [0.5, 0.6) is 0 Å². The third-order valence-corrected chi connectivity index (χ3v) is 3.58. The van der Waals surface area contributed by atoms with E-state index in [1.54, 1.807) is 18.5 Å². The molecule has 6 heteroatoms. The smallest absolute Gasteiger partial charge is 0.272 e. The highest BCUT2D eigenvalue weighted by molar-refractivity contribution is 5.92. The molecular weight excluding hydrogens is 242 g/mol. The molecule has 1 aliphatic heterocycles. The molecule has 0 aliphatic carbocycles. The molecule has 0 bridgehead atoms. The number of H-pyrrole nitrogens is 1. The van der Waals surface area contributed by atoms with Crippen molar-refractivity contribution in [3.63, 3.8) is 0 Å². The van der Waals surface area contributed by atoms with E-state index in [0.717, 1.165) is 25.9 Å². The lowest BCUT2D eigenvalue weighted by Crippen LogP contribution is -2.46. The summed E-state index contributed by atoms with van der Waals surface area (Å²) in [7, 11) is 0. The first kappa shape index (κ1) is 12.0. The molecule has 0 saturated carbocycles. The normalized spacial score (nSPS) is 19.6. The van der Waals surface area contributed by atoms with Crippen LogP contribution in [0.1, 0.15) is 29.8 Å². The second kappa shape index (κ2) is 5.26. The number of likely N-dealkylation sites (tertiary alicyclic amines) is 1. The van der Waals surface area contributed by atoms with Crippen LogP contribution in [0.25, 0.3) is 0 Å². The highest BCUT2D eigenvalue weighted by Gasteiger charge is 2.28. The van der Waals surface area contributed by atoms with Crippen molar-refractivity contribution in [1.82, 2.24) is 24.9 Å². The van der Waals surface area contributed by atoms with Gasteiger partial charge >= 0.3 is 0 Å². The summed E-state index contributed by atoms with van der Waals surface area (Å²) in [5, 5.41) is 10.8. The van der Waals surface area contributed by atoms with E-state index in [0.29, 0.717) is 5.69 Å². The summed E-state index contributed by atoms with van der Waals surface area (Å²) in [5.74, 6) is 0.0364. The van der Waals surface area contributed by atoms with E-state index in [4.69, 9.17) is 0 Å². The number of aromatic amines is 1. The zero-order valence-corrected chi connectivity index (χ0v) is 10.7. The number of aromatic nitrogens is 4. The SMILES string of the molecule is O=C(c1ccn[nH]1)N1CCCC[C@@H]1Cn1cccn1. The van der Waals surface area contributed by atoms with Gasteiger partial charge in [-0.2, -0.15) is 10.2 Å². The van der Waals surface area contributed by atoms with Gasteiger partial charge in [0.15, 0.2) is 0 Å². The minimum absolute atomic E-state index is 0.0364. The van der Waals surface area contributed by atoms with Gasteiger partial charge in [-0.1, -0.05) is 0 Å². The number of piperidine rings is 1. The fourth-order valence-corrected chi connectivity index (χ4v) is 2.61. The largest absolute Gasteiger partial charge is 0.332 e. The van der Waals surface area contributed by atoms with Crippen LogP contribution in [0.15, 0.2) is 30.7 Å². The average molecular weight is 259 g/mol. The van der Waals surface area contributed by atoms with E-state index in [-0.39, 0.29) is 11.9 Å². The van der Waals surface area contributed by atoms with Crippen LogP contribution >= 0.6 is 0 Å². The highest BCUT2D eigenvalue weighted by atomic mass is 16.2. The lowest BCUT2D eigenvalue weighted by atomic mass is 10.0. The minimum Gasteiger partial charge on any atom is -0.332 e. The standard InChI is InChI=1S/C13H17N5O/c19-13(12-5-7-14-16-12)18-9-2-1-4-11(18)10-17-8-3-6-15-17/h3,5-8,11H,1-2,4,9-10H2,(H,14,16)/t11-/m1/s1. The molecule has 1 fully saturated rings. The van der Waals surface area contributed by atoms with Gasteiger partial charge in [0.25, 0.3) is 5.91 Å². The molecule has 2 aromatic heterocycles. The zero-order valence-electron chi connectivity index (χ0n) is 10.7. The van der Waals surface area contributed by atoms with Crippen molar-refractivity contribution in [3.05, 3.63) is 36.4 Å². The Morgan fingerprint density at radius 1 is 1.42 bits per heavy atom. The van der Waals surface area contributed by atoms with Crippen LogP contribution < -0.4 is 0 Å². The Bertz CT molecular complexity index is 519. The van der Waals surface area contributed by atoms with Crippen molar-refractivity contribution in [2.24, 2.45) is 0 Å². The summed E-state index contributed by atoms with van der Waals surface area (Å²) in [5.41, 5.74) is 0.562. The number of hydrogen-bond acceptors (Lipinski definition) is 3. The predicted molar refractivity (Wildman–Crippen MR) is 69.5 cm³/mol. The number of amides is 1. The molecule has 3 heterocycles. The zero-order chi connectivity index (χ0) is 13.1. The molecule has 3 rings (SSSR count). The van der Waals surface area contributed by atoms with Crippen LogP contribution in [-0.4, -0.2) is 43.4 Å². The lowest BCUT2D eigenvalue weighted by Gasteiger charge is -2.35. The molecule has 1 aliphatic rings. The summed E-state index contributed by atoms with van der Waals surface area (Å²) >= 11 is 0. The average Bonchev–Trinajstić information content (AvgIpc) is 3.11. The van der Waals surface area contributed by atoms with E-state index >= 15 is 0 Å². The number of nitrogens with one attached hydrogen (secondary N) is 1.